The molecule has 2 atom stereocenters. The predicted molar refractivity (Wildman–Crippen MR) is 102 cm³/mol. The first-order valence-electron chi connectivity index (χ1n) is 8.88. The maximum absolute atomic E-state index is 14.7. The van der Waals surface area contributed by atoms with Crippen molar-refractivity contribution in [2.24, 2.45) is 11.8 Å². The molecule has 2 N–H and O–H groups in total. The molecule has 0 radical (unpaired) electrons. The SMILES string of the molecule is CNC1C(C)CN(c2ccc3c(=O)c(C(=O)O)cn(F)c3c2OC)CC1C. The quantitative estimate of drug-likeness (QED) is 0.849. The molecule has 7 nitrogen and oxygen atoms in total. The fraction of sp³-hybridized carbons (Fsp3) is 0.474. The Morgan fingerprint density at radius 3 is 2.44 bits per heavy atom. The van der Waals surface area contributed by atoms with Crippen LogP contribution in [0.25, 0.3) is 10.9 Å². The van der Waals surface area contributed by atoms with Crippen molar-refractivity contribution in [1.29, 1.82) is 0 Å². The number of hydrogen-bond donors (Lipinski definition) is 2. The highest BCUT2D eigenvalue weighted by Gasteiger charge is 2.32. The molecular formula is C19H24FN3O4. The van der Waals surface area contributed by atoms with Crippen molar-refractivity contribution < 1.29 is 19.1 Å². The van der Waals surface area contributed by atoms with Gasteiger partial charge in [0.05, 0.1) is 24.4 Å². The van der Waals surface area contributed by atoms with Crippen molar-refractivity contribution in [3.8, 4) is 5.75 Å². The topological polar surface area (TPSA) is 83.8 Å². The van der Waals surface area contributed by atoms with Crippen LogP contribution < -0.4 is 20.4 Å². The van der Waals surface area contributed by atoms with Crippen LogP contribution in [0.2, 0.25) is 0 Å². The third-order valence-corrected chi connectivity index (χ3v) is 5.41. The van der Waals surface area contributed by atoms with Crippen molar-refractivity contribution in [3.05, 3.63) is 34.1 Å². The molecule has 1 aliphatic heterocycles. The third kappa shape index (κ3) is 3.14. The number of rotatable bonds is 4. The van der Waals surface area contributed by atoms with Gasteiger partial charge in [-0.2, -0.15) is 4.79 Å². The number of carboxylic acid groups (broad SMARTS) is 1. The van der Waals surface area contributed by atoms with Crippen LogP contribution in [0.5, 0.6) is 5.75 Å². The number of halogens is 1. The van der Waals surface area contributed by atoms with E-state index in [1.807, 2.05) is 7.05 Å². The fourth-order valence-corrected chi connectivity index (χ4v) is 4.26. The van der Waals surface area contributed by atoms with E-state index >= 15 is 0 Å². The van der Waals surface area contributed by atoms with Gasteiger partial charge >= 0.3 is 5.97 Å². The smallest absolute Gasteiger partial charge is 0.341 e. The monoisotopic (exact) mass is 377 g/mol. The maximum atomic E-state index is 14.7. The molecule has 2 unspecified atom stereocenters. The average molecular weight is 377 g/mol. The number of carboxylic acids is 1. The highest BCUT2D eigenvalue weighted by Crippen LogP contribution is 2.38. The minimum absolute atomic E-state index is 0.0239. The Bertz CT molecular complexity index is 931. The number of methoxy groups -OCH3 is 1. The molecule has 1 fully saturated rings. The van der Waals surface area contributed by atoms with Crippen molar-refractivity contribution in [3.63, 3.8) is 0 Å². The van der Waals surface area contributed by atoms with Crippen LogP contribution in [0.1, 0.15) is 24.2 Å². The molecule has 8 heteroatoms. The Hall–Kier alpha value is -2.61. The van der Waals surface area contributed by atoms with E-state index in [0.29, 0.717) is 29.8 Å². The van der Waals surface area contributed by atoms with Gasteiger partial charge in [0.2, 0.25) is 5.43 Å². The predicted octanol–water partition coefficient (Wildman–Crippen LogP) is 2.12. The second kappa shape index (κ2) is 7.19. The molecule has 1 aliphatic rings. The standard InChI is InChI=1S/C19H24FN3O4/c1-10-7-22(8-11(2)15(10)21-3)14-6-5-12-16(18(14)27-4)23(20)9-13(17(12)24)19(25)26/h5-6,9-11,15,21H,7-8H2,1-4H3,(H,25,26). The van der Waals surface area contributed by atoms with Gasteiger partial charge in [0.15, 0.2) is 5.75 Å². The Kier molecular flexibility index (Phi) is 5.10. The lowest BCUT2D eigenvalue weighted by molar-refractivity contribution is 0.0693. The van der Waals surface area contributed by atoms with Crippen molar-refractivity contribution >= 4 is 22.6 Å². The number of benzene rings is 1. The van der Waals surface area contributed by atoms with Crippen LogP contribution in [0, 0.1) is 11.8 Å². The summed E-state index contributed by atoms with van der Waals surface area (Å²) >= 11 is 0. The number of anilines is 1. The molecule has 0 aliphatic carbocycles. The highest BCUT2D eigenvalue weighted by molar-refractivity contribution is 5.96. The number of ether oxygens (including phenoxy) is 1. The zero-order valence-electron chi connectivity index (χ0n) is 15.8. The number of fused-ring (bicyclic) bond motifs is 1. The van der Waals surface area contributed by atoms with E-state index in [9.17, 15) is 14.1 Å². The van der Waals surface area contributed by atoms with Crippen molar-refractivity contribution in [1.82, 2.24) is 10.1 Å². The summed E-state index contributed by atoms with van der Waals surface area (Å²) in [6.07, 6.45) is 0.692. The molecule has 0 saturated carbocycles. The Morgan fingerprint density at radius 2 is 1.93 bits per heavy atom. The molecule has 27 heavy (non-hydrogen) atoms. The molecule has 1 saturated heterocycles. The van der Waals surface area contributed by atoms with Crippen LogP contribution in [-0.2, 0) is 0 Å². The Morgan fingerprint density at radius 1 is 1.30 bits per heavy atom. The van der Waals surface area contributed by atoms with Crippen molar-refractivity contribution in [2.75, 3.05) is 32.1 Å². The van der Waals surface area contributed by atoms with E-state index in [2.05, 4.69) is 24.1 Å². The first kappa shape index (κ1) is 19.2. The van der Waals surface area contributed by atoms with Crippen LogP contribution in [0.3, 0.4) is 0 Å². The first-order valence-corrected chi connectivity index (χ1v) is 8.88. The first-order chi connectivity index (χ1) is 12.8. The highest BCUT2D eigenvalue weighted by atomic mass is 19.2. The summed E-state index contributed by atoms with van der Waals surface area (Å²) in [5.41, 5.74) is -0.711. The number of aromatic carboxylic acids is 1. The van der Waals surface area contributed by atoms with Crippen molar-refractivity contribution in [2.45, 2.75) is 19.9 Å². The summed E-state index contributed by atoms with van der Waals surface area (Å²) in [5, 5.41) is 12.4. The number of nitrogens with one attached hydrogen (secondary N) is 1. The molecule has 2 aromatic rings. The minimum Gasteiger partial charge on any atom is -0.492 e. The summed E-state index contributed by atoms with van der Waals surface area (Å²) in [7, 11) is 3.37. The van der Waals surface area contributed by atoms with Gasteiger partial charge in [0.25, 0.3) is 0 Å². The molecule has 0 spiro atoms. The molecular weight excluding hydrogens is 353 g/mol. The van der Waals surface area contributed by atoms with E-state index in [0.717, 1.165) is 13.1 Å². The molecule has 2 heterocycles. The largest absolute Gasteiger partial charge is 0.492 e. The van der Waals surface area contributed by atoms with Gasteiger partial charge in [-0.05, 0) is 31.0 Å². The summed E-state index contributed by atoms with van der Waals surface area (Å²) in [5.74, 6) is -0.512. The summed E-state index contributed by atoms with van der Waals surface area (Å²) in [6.45, 7) is 5.81. The number of carbonyl (C=O) groups is 1. The average Bonchev–Trinajstić information content (AvgIpc) is 2.62. The van der Waals surface area contributed by atoms with Crippen LogP contribution in [0.4, 0.5) is 10.2 Å². The maximum Gasteiger partial charge on any atom is 0.341 e. The Balaban J connectivity index is 2.16. The number of aromatic nitrogens is 1. The second-order valence-corrected chi connectivity index (χ2v) is 7.18. The number of piperidine rings is 1. The Labute approximate surface area is 156 Å². The number of nitrogens with zero attached hydrogens (tertiary/aromatic N) is 2. The van der Waals surface area contributed by atoms with Gasteiger partial charge in [-0.25, -0.2) is 4.79 Å². The molecule has 0 amide bonds. The zero-order chi connectivity index (χ0) is 19.9. The van der Waals surface area contributed by atoms with Crippen LogP contribution in [-0.4, -0.2) is 49.2 Å². The molecule has 0 bridgehead atoms. The van der Waals surface area contributed by atoms with E-state index in [1.165, 1.54) is 13.2 Å². The molecule has 146 valence electrons. The van der Waals surface area contributed by atoms with Crippen LogP contribution in [0.15, 0.2) is 23.1 Å². The lowest BCUT2D eigenvalue weighted by Crippen LogP contribution is -2.52. The second-order valence-electron chi connectivity index (χ2n) is 7.18. The summed E-state index contributed by atoms with van der Waals surface area (Å²) in [4.78, 5) is 25.9. The van der Waals surface area contributed by atoms with Gasteiger partial charge in [-0.1, -0.05) is 18.3 Å². The lowest BCUT2D eigenvalue weighted by atomic mass is 9.85. The summed E-state index contributed by atoms with van der Waals surface area (Å²) in [6, 6.07) is 3.55. The normalized spacial score (nSPS) is 22.9. The van der Waals surface area contributed by atoms with Gasteiger partial charge in [-0.3, -0.25) is 4.79 Å². The van der Waals surface area contributed by atoms with Crippen LogP contribution >= 0.6 is 0 Å². The fourth-order valence-electron chi connectivity index (χ4n) is 4.26. The summed E-state index contributed by atoms with van der Waals surface area (Å²) < 4.78 is 20.1. The van der Waals surface area contributed by atoms with Gasteiger partial charge < -0.3 is 20.1 Å². The van der Waals surface area contributed by atoms with Gasteiger partial charge in [-0.15, -0.1) is 0 Å². The van der Waals surface area contributed by atoms with Gasteiger partial charge in [0.1, 0.15) is 11.1 Å². The van der Waals surface area contributed by atoms with E-state index < -0.39 is 17.0 Å². The van der Waals surface area contributed by atoms with Gasteiger partial charge in [0, 0.05) is 19.1 Å². The molecule has 3 rings (SSSR count). The number of pyridine rings is 1. The van der Waals surface area contributed by atoms with E-state index in [-0.39, 0.29) is 21.4 Å². The van der Waals surface area contributed by atoms with E-state index in [4.69, 9.17) is 9.84 Å². The van der Waals surface area contributed by atoms with E-state index in [1.54, 1.807) is 6.07 Å². The minimum atomic E-state index is -1.46. The molecule has 1 aromatic carbocycles. The molecule has 1 aromatic heterocycles. The lowest BCUT2D eigenvalue weighted by Gasteiger charge is -2.42. The number of hydrogen-bond acceptors (Lipinski definition) is 5. The zero-order valence-corrected chi connectivity index (χ0v) is 15.8. The third-order valence-electron chi connectivity index (χ3n) is 5.41.